The number of hydrogen-bond donors (Lipinski definition) is 2. The van der Waals surface area contributed by atoms with E-state index in [2.05, 4.69) is 15.6 Å². The molecular weight excluding hydrogens is 306 g/mol. The van der Waals surface area contributed by atoms with Gasteiger partial charge in [-0.2, -0.15) is 0 Å². The summed E-state index contributed by atoms with van der Waals surface area (Å²) in [6.07, 6.45) is 0. The van der Waals surface area contributed by atoms with Gasteiger partial charge in [0, 0.05) is 13.0 Å². The molecule has 0 aliphatic rings. The summed E-state index contributed by atoms with van der Waals surface area (Å²) in [7, 11) is 1.55. The van der Waals surface area contributed by atoms with E-state index in [4.69, 9.17) is 28.6 Å². The van der Waals surface area contributed by atoms with Gasteiger partial charge >= 0.3 is 0 Å². The number of benzene rings is 1. The number of amides is 1. The number of fused-ring (bicyclic) bond motifs is 1. The van der Waals surface area contributed by atoms with Crippen molar-refractivity contribution in [3.63, 3.8) is 0 Å². The zero-order valence-electron chi connectivity index (χ0n) is 10.1. The van der Waals surface area contributed by atoms with E-state index in [-0.39, 0.29) is 11.0 Å². The number of nitrogens with one attached hydrogen (secondary N) is 2. The van der Waals surface area contributed by atoms with Gasteiger partial charge in [0.1, 0.15) is 5.75 Å². The van der Waals surface area contributed by atoms with Crippen LogP contribution in [0.4, 0.5) is 5.13 Å². The number of carbonyl (C=O) groups is 1. The van der Waals surface area contributed by atoms with Crippen molar-refractivity contribution in [3.8, 4) is 5.75 Å². The summed E-state index contributed by atoms with van der Waals surface area (Å²) in [5, 5.41) is 6.60. The molecule has 2 rings (SSSR count). The number of hydrogen-bond acceptors (Lipinski definition) is 5. The molecule has 1 aromatic carbocycles. The number of carbonyl (C=O) groups excluding carboxylic acids is 1. The van der Waals surface area contributed by atoms with Crippen LogP contribution in [-0.2, 0) is 4.79 Å². The summed E-state index contributed by atoms with van der Waals surface area (Å²) in [5.41, 5.74) is 0.740. The predicted molar refractivity (Wildman–Crippen MR) is 81.2 cm³/mol. The number of anilines is 1. The lowest BCUT2D eigenvalue weighted by Crippen LogP contribution is -2.32. The van der Waals surface area contributed by atoms with Crippen molar-refractivity contribution < 1.29 is 9.53 Å². The summed E-state index contributed by atoms with van der Waals surface area (Å²) in [4.78, 5) is 15.2. The second-order valence-corrected chi connectivity index (χ2v) is 5.45. The molecule has 0 saturated carbocycles. The molecule has 0 aliphatic carbocycles. The molecule has 1 amide bonds. The molecule has 0 aliphatic heterocycles. The fraction of sp³-hybridized carbons (Fsp3) is 0.182. The number of halogens is 1. The maximum atomic E-state index is 10.9. The lowest BCUT2D eigenvalue weighted by atomic mass is 10.3. The lowest BCUT2D eigenvalue weighted by molar-refractivity contribution is -0.117. The standard InChI is InChI=1S/C11H10ClN3O2S2/c1-5(16)13-10(18)15-11-14-7-3-6(12)8(17-2)4-9(7)19-11/h3-4H,1-2H3,(H2,13,14,15,16,18). The first-order valence-corrected chi connectivity index (χ1v) is 6.82. The van der Waals surface area contributed by atoms with E-state index >= 15 is 0 Å². The van der Waals surface area contributed by atoms with Gasteiger partial charge in [-0.05, 0) is 18.3 Å². The van der Waals surface area contributed by atoms with Crippen LogP contribution in [0.3, 0.4) is 0 Å². The fourth-order valence-corrected chi connectivity index (χ4v) is 2.85. The van der Waals surface area contributed by atoms with Crippen LogP contribution in [-0.4, -0.2) is 23.1 Å². The largest absolute Gasteiger partial charge is 0.495 e. The topological polar surface area (TPSA) is 63.2 Å². The maximum absolute atomic E-state index is 10.9. The van der Waals surface area contributed by atoms with Crippen molar-refractivity contribution in [2.45, 2.75) is 6.92 Å². The Kier molecular flexibility index (Phi) is 4.18. The molecule has 2 N–H and O–H groups in total. The van der Waals surface area contributed by atoms with Crippen LogP contribution in [0.15, 0.2) is 12.1 Å². The van der Waals surface area contributed by atoms with Crippen molar-refractivity contribution in [3.05, 3.63) is 17.2 Å². The van der Waals surface area contributed by atoms with Crippen LogP contribution >= 0.6 is 35.2 Å². The zero-order valence-corrected chi connectivity index (χ0v) is 12.5. The predicted octanol–water partition coefficient (Wildman–Crippen LogP) is 2.79. The molecule has 0 bridgehead atoms. The van der Waals surface area contributed by atoms with Crippen molar-refractivity contribution in [1.29, 1.82) is 0 Å². The molecule has 0 radical (unpaired) electrons. The summed E-state index contributed by atoms with van der Waals surface area (Å²) in [6, 6.07) is 3.53. The van der Waals surface area contributed by atoms with Gasteiger partial charge in [0.05, 0.1) is 22.3 Å². The smallest absolute Gasteiger partial charge is 0.222 e. The first kappa shape index (κ1) is 14.0. The van der Waals surface area contributed by atoms with Gasteiger partial charge in [0.25, 0.3) is 0 Å². The Morgan fingerprint density at radius 3 is 2.89 bits per heavy atom. The number of rotatable bonds is 2. The molecule has 0 spiro atoms. The molecule has 5 nitrogen and oxygen atoms in total. The van der Waals surface area contributed by atoms with Gasteiger partial charge in [-0.15, -0.1) is 0 Å². The van der Waals surface area contributed by atoms with Crippen LogP contribution < -0.4 is 15.4 Å². The van der Waals surface area contributed by atoms with Gasteiger partial charge < -0.3 is 15.4 Å². The quantitative estimate of drug-likeness (QED) is 0.834. The number of thiocarbonyl (C=S) groups is 1. The average molecular weight is 316 g/mol. The van der Waals surface area contributed by atoms with Crippen LogP contribution in [0.1, 0.15) is 6.92 Å². The normalized spacial score (nSPS) is 10.3. The molecule has 8 heteroatoms. The Labute approximate surface area is 123 Å². The summed E-state index contributed by atoms with van der Waals surface area (Å²) in [5.74, 6) is 0.358. The lowest BCUT2D eigenvalue weighted by Gasteiger charge is -2.03. The Morgan fingerprint density at radius 1 is 1.53 bits per heavy atom. The SMILES string of the molecule is COc1cc2sc(NC(=S)NC(C)=O)nc2cc1Cl. The maximum Gasteiger partial charge on any atom is 0.222 e. The molecule has 1 heterocycles. The average Bonchev–Trinajstić information content (AvgIpc) is 2.67. The van der Waals surface area contributed by atoms with Gasteiger partial charge in [0.2, 0.25) is 5.91 Å². The number of methoxy groups -OCH3 is 1. The van der Waals surface area contributed by atoms with Crippen LogP contribution in [0.25, 0.3) is 10.2 Å². The minimum Gasteiger partial charge on any atom is -0.495 e. The molecule has 1 aromatic heterocycles. The molecule has 19 heavy (non-hydrogen) atoms. The Hall–Kier alpha value is -1.44. The van der Waals surface area contributed by atoms with E-state index in [9.17, 15) is 4.79 Å². The Morgan fingerprint density at radius 2 is 2.26 bits per heavy atom. The molecular formula is C11H10ClN3O2S2. The number of nitrogens with zero attached hydrogens (tertiary/aromatic N) is 1. The minimum absolute atomic E-state index is 0.213. The van der Waals surface area contributed by atoms with Crippen molar-refractivity contribution in [2.24, 2.45) is 0 Å². The first-order valence-electron chi connectivity index (χ1n) is 5.22. The van der Waals surface area contributed by atoms with E-state index in [0.29, 0.717) is 15.9 Å². The molecule has 0 saturated heterocycles. The molecule has 0 atom stereocenters. The van der Waals surface area contributed by atoms with Crippen molar-refractivity contribution in [2.75, 3.05) is 12.4 Å². The van der Waals surface area contributed by atoms with Crippen LogP contribution in [0.5, 0.6) is 5.75 Å². The molecule has 2 aromatic rings. The second kappa shape index (κ2) is 5.68. The van der Waals surface area contributed by atoms with Gasteiger partial charge in [0.15, 0.2) is 10.2 Å². The van der Waals surface area contributed by atoms with Gasteiger partial charge in [-0.3, -0.25) is 4.79 Å². The zero-order chi connectivity index (χ0) is 14.0. The highest BCUT2D eigenvalue weighted by Crippen LogP contribution is 2.34. The highest BCUT2D eigenvalue weighted by molar-refractivity contribution is 7.80. The summed E-state index contributed by atoms with van der Waals surface area (Å²) >= 11 is 12.4. The second-order valence-electron chi connectivity index (χ2n) is 3.61. The van der Waals surface area contributed by atoms with Crippen LogP contribution in [0.2, 0.25) is 5.02 Å². The highest BCUT2D eigenvalue weighted by Gasteiger charge is 2.10. The fourth-order valence-electron chi connectivity index (χ4n) is 1.43. The highest BCUT2D eigenvalue weighted by atomic mass is 35.5. The monoisotopic (exact) mass is 315 g/mol. The van der Waals surface area contributed by atoms with E-state index in [0.717, 1.165) is 10.2 Å². The third-order valence-electron chi connectivity index (χ3n) is 2.17. The van der Waals surface area contributed by atoms with Crippen LogP contribution in [0, 0.1) is 0 Å². The third-order valence-corrected chi connectivity index (χ3v) is 3.61. The van der Waals surface area contributed by atoms with E-state index in [1.165, 1.54) is 18.3 Å². The van der Waals surface area contributed by atoms with E-state index in [1.807, 2.05) is 6.07 Å². The summed E-state index contributed by atoms with van der Waals surface area (Å²) in [6.45, 7) is 1.39. The van der Waals surface area contributed by atoms with Gasteiger partial charge in [-0.25, -0.2) is 4.98 Å². The molecule has 100 valence electrons. The van der Waals surface area contributed by atoms with Gasteiger partial charge in [-0.1, -0.05) is 22.9 Å². The minimum atomic E-state index is -0.233. The van der Waals surface area contributed by atoms with Crippen molar-refractivity contribution in [1.82, 2.24) is 10.3 Å². The number of thiazole rings is 1. The van der Waals surface area contributed by atoms with Crippen molar-refractivity contribution >= 4 is 61.5 Å². The summed E-state index contributed by atoms with van der Waals surface area (Å²) < 4.78 is 6.05. The number of ether oxygens (including phenoxy) is 1. The molecule has 0 unspecified atom stereocenters. The Bertz CT molecular complexity index is 657. The van der Waals surface area contributed by atoms with E-state index < -0.39 is 0 Å². The first-order chi connectivity index (χ1) is 8.99. The third kappa shape index (κ3) is 3.31. The number of aromatic nitrogens is 1. The van der Waals surface area contributed by atoms with E-state index in [1.54, 1.807) is 13.2 Å². The molecule has 0 fully saturated rings. The Balaban J connectivity index is 2.26.